The van der Waals surface area contributed by atoms with Crippen LogP contribution < -0.4 is 0 Å². The summed E-state index contributed by atoms with van der Waals surface area (Å²) in [6.07, 6.45) is -3.66. The monoisotopic (exact) mass is 434 g/mol. The Bertz CT molecular complexity index is 625. The second-order valence-electron chi connectivity index (χ2n) is 6.55. The molecule has 0 aliphatic heterocycles. The van der Waals surface area contributed by atoms with E-state index in [4.69, 9.17) is 0 Å². The van der Waals surface area contributed by atoms with Gasteiger partial charge in [-0.1, -0.05) is 19.7 Å². The van der Waals surface area contributed by atoms with Gasteiger partial charge in [0.2, 0.25) is 0 Å². The summed E-state index contributed by atoms with van der Waals surface area (Å²) in [6, 6.07) is 0. The van der Waals surface area contributed by atoms with Gasteiger partial charge in [-0.05, 0) is 20.8 Å². The molecule has 0 aromatic heterocycles. The lowest BCUT2D eigenvalue weighted by Gasteiger charge is -2.18. The van der Waals surface area contributed by atoms with Gasteiger partial charge in [-0.15, -0.1) is 0 Å². The fourth-order valence-corrected chi connectivity index (χ4v) is 2.98. The molecule has 29 heavy (non-hydrogen) atoms. The van der Waals surface area contributed by atoms with Crippen LogP contribution in [0.2, 0.25) is 0 Å². The smallest absolute Gasteiger partial charge is 0.393 e. The molecule has 0 aliphatic rings. The molecule has 0 aromatic carbocycles. The molecule has 0 radical (unpaired) electrons. The SMILES string of the molecule is C=C(CC(C)O)C(=O)OP(=O)(OC(=O)C(=C)CC(C)O)OC(=O)C(=C)CC(C)O. The van der Waals surface area contributed by atoms with Gasteiger partial charge < -0.3 is 28.9 Å². The Hall–Kier alpha value is -2.26. The lowest BCUT2D eigenvalue weighted by Crippen LogP contribution is -2.19. The van der Waals surface area contributed by atoms with E-state index in [1.807, 2.05) is 0 Å². The fourth-order valence-electron chi connectivity index (χ4n) is 1.87. The van der Waals surface area contributed by atoms with Crippen molar-refractivity contribution in [2.75, 3.05) is 0 Å². The van der Waals surface area contributed by atoms with Crippen LogP contribution in [0.4, 0.5) is 0 Å². The molecule has 0 rings (SSSR count). The quantitative estimate of drug-likeness (QED) is 0.305. The molecule has 164 valence electrons. The van der Waals surface area contributed by atoms with Gasteiger partial charge in [0.05, 0.1) is 18.3 Å². The molecule has 0 saturated heterocycles. The second kappa shape index (κ2) is 11.7. The van der Waals surface area contributed by atoms with Gasteiger partial charge in [0, 0.05) is 36.0 Å². The Labute approximate surface area is 169 Å². The average Bonchev–Trinajstić information content (AvgIpc) is 2.52. The first-order valence-corrected chi connectivity index (χ1v) is 10.0. The number of hydrogen-bond donors (Lipinski definition) is 3. The summed E-state index contributed by atoms with van der Waals surface area (Å²) in [4.78, 5) is 36.1. The first kappa shape index (κ1) is 26.7. The molecule has 11 heteroatoms. The predicted molar refractivity (Wildman–Crippen MR) is 102 cm³/mol. The maximum Gasteiger partial charge on any atom is 0.654 e. The van der Waals surface area contributed by atoms with Crippen molar-refractivity contribution in [1.29, 1.82) is 0 Å². The Morgan fingerprint density at radius 1 is 0.690 bits per heavy atom. The highest BCUT2D eigenvalue weighted by molar-refractivity contribution is 7.50. The molecule has 0 bridgehead atoms. The van der Waals surface area contributed by atoms with Crippen molar-refractivity contribution in [3.05, 3.63) is 36.5 Å². The molecule has 0 aliphatic carbocycles. The zero-order valence-corrected chi connectivity index (χ0v) is 17.5. The Morgan fingerprint density at radius 3 is 1.07 bits per heavy atom. The van der Waals surface area contributed by atoms with Crippen molar-refractivity contribution >= 4 is 25.7 Å². The fraction of sp³-hybridized carbons (Fsp3) is 0.500. The maximum atomic E-state index is 12.8. The van der Waals surface area contributed by atoms with Crippen LogP contribution >= 0.6 is 7.82 Å². The number of phosphoric acid groups is 1. The van der Waals surface area contributed by atoms with Crippen molar-refractivity contribution in [2.24, 2.45) is 0 Å². The predicted octanol–water partition coefficient (Wildman–Crippen LogP) is 1.71. The maximum absolute atomic E-state index is 12.8. The molecular weight excluding hydrogens is 407 g/mol. The van der Waals surface area contributed by atoms with E-state index in [2.05, 4.69) is 33.3 Å². The molecule has 0 fully saturated rings. The third-order valence-corrected chi connectivity index (χ3v) is 4.24. The summed E-state index contributed by atoms with van der Waals surface area (Å²) < 4.78 is 26.5. The number of hydrogen-bond acceptors (Lipinski definition) is 10. The van der Waals surface area contributed by atoms with Crippen LogP contribution in [0, 0.1) is 0 Å². The standard InChI is InChI=1S/C18H27O10P/c1-10(7-13(4)19)16(22)26-29(25,27-17(23)11(2)8-14(5)20)28-18(24)12(3)9-15(6)21/h13-15,19-21H,1-3,7-9H2,4-6H3. The van der Waals surface area contributed by atoms with Crippen LogP contribution in [0.5, 0.6) is 0 Å². The molecular formula is C18H27O10P. The summed E-state index contributed by atoms with van der Waals surface area (Å²) in [6.45, 7) is 14.1. The van der Waals surface area contributed by atoms with Gasteiger partial charge in [0.15, 0.2) is 0 Å². The molecule has 3 N–H and O–H groups in total. The third-order valence-electron chi connectivity index (χ3n) is 3.08. The van der Waals surface area contributed by atoms with Crippen molar-refractivity contribution in [3.8, 4) is 0 Å². The Kier molecular flexibility index (Phi) is 10.8. The molecule has 0 saturated carbocycles. The van der Waals surface area contributed by atoms with E-state index in [0.717, 1.165) is 0 Å². The van der Waals surface area contributed by atoms with E-state index in [9.17, 15) is 34.3 Å². The van der Waals surface area contributed by atoms with Crippen molar-refractivity contribution in [1.82, 2.24) is 0 Å². The zero-order chi connectivity index (χ0) is 22.9. The first-order chi connectivity index (χ1) is 13.2. The number of phosphoric ester groups is 1. The van der Waals surface area contributed by atoms with E-state index in [-0.39, 0.29) is 36.0 Å². The molecule has 0 aromatic rings. The summed E-state index contributed by atoms with van der Waals surface area (Å²) in [5.74, 6) is -4.01. The molecule has 0 amide bonds. The Balaban J connectivity index is 5.53. The highest BCUT2D eigenvalue weighted by Gasteiger charge is 2.41. The Morgan fingerprint density at radius 2 is 0.897 bits per heavy atom. The number of aliphatic hydroxyl groups excluding tert-OH is 3. The highest BCUT2D eigenvalue weighted by Crippen LogP contribution is 2.51. The molecule has 0 heterocycles. The van der Waals surface area contributed by atoms with E-state index in [1.165, 1.54) is 20.8 Å². The van der Waals surface area contributed by atoms with Gasteiger partial charge in [-0.3, -0.25) is 0 Å². The molecule has 3 unspecified atom stereocenters. The van der Waals surface area contributed by atoms with Gasteiger partial charge in [-0.2, -0.15) is 4.57 Å². The number of carbonyl (C=O) groups is 3. The number of carbonyl (C=O) groups excluding carboxylic acids is 3. The van der Waals surface area contributed by atoms with E-state index < -0.39 is 44.0 Å². The zero-order valence-electron chi connectivity index (χ0n) is 16.6. The van der Waals surface area contributed by atoms with Crippen LogP contribution in [-0.2, 0) is 32.5 Å². The third kappa shape index (κ3) is 10.7. The summed E-state index contributed by atoms with van der Waals surface area (Å²) >= 11 is 0. The van der Waals surface area contributed by atoms with E-state index in [0.29, 0.717) is 0 Å². The lowest BCUT2D eigenvalue weighted by atomic mass is 10.1. The van der Waals surface area contributed by atoms with Gasteiger partial charge in [0.25, 0.3) is 0 Å². The topological polar surface area (TPSA) is 157 Å². The van der Waals surface area contributed by atoms with Gasteiger partial charge >= 0.3 is 25.7 Å². The summed E-state index contributed by atoms with van der Waals surface area (Å²) in [7, 11) is -5.16. The number of rotatable bonds is 12. The second-order valence-corrected chi connectivity index (χ2v) is 8.00. The first-order valence-electron chi connectivity index (χ1n) is 8.56. The summed E-state index contributed by atoms with van der Waals surface area (Å²) in [5, 5.41) is 27.9. The van der Waals surface area contributed by atoms with E-state index in [1.54, 1.807) is 0 Å². The van der Waals surface area contributed by atoms with Crippen LogP contribution in [0.25, 0.3) is 0 Å². The summed E-state index contributed by atoms with van der Waals surface area (Å²) in [5.41, 5.74) is -0.964. The van der Waals surface area contributed by atoms with Crippen molar-refractivity contribution in [2.45, 2.75) is 58.3 Å². The molecule has 10 nitrogen and oxygen atoms in total. The normalized spacial score (nSPS) is 15.8. The minimum atomic E-state index is -5.16. The van der Waals surface area contributed by atoms with Crippen LogP contribution in [-0.4, -0.2) is 51.5 Å². The van der Waals surface area contributed by atoms with Crippen LogP contribution in [0.1, 0.15) is 40.0 Å². The van der Waals surface area contributed by atoms with Crippen LogP contribution in [0.15, 0.2) is 36.5 Å². The van der Waals surface area contributed by atoms with E-state index >= 15 is 0 Å². The minimum Gasteiger partial charge on any atom is -0.393 e. The van der Waals surface area contributed by atoms with Gasteiger partial charge in [0.1, 0.15) is 0 Å². The average molecular weight is 434 g/mol. The van der Waals surface area contributed by atoms with Crippen molar-refractivity contribution in [3.63, 3.8) is 0 Å². The number of aliphatic hydroxyl groups is 3. The van der Waals surface area contributed by atoms with Gasteiger partial charge in [-0.25, -0.2) is 14.4 Å². The minimum absolute atomic E-state index is 0.246. The van der Waals surface area contributed by atoms with Crippen molar-refractivity contribution < 1.29 is 47.8 Å². The van der Waals surface area contributed by atoms with Crippen LogP contribution in [0.3, 0.4) is 0 Å². The molecule has 0 spiro atoms. The lowest BCUT2D eigenvalue weighted by molar-refractivity contribution is -0.140. The molecule has 3 atom stereocenters. The highest BCUT2D eigenvalue weighted by atomic mass is 31.2. The largest absolute Gasteiger partial charge is 0.654 e.